The molecule has 0 amide bonds. The predicted molar refractivity (Wildman–Crippen MR) is 70.2 cm³/mol. The second-order valence-corrected chi connectivity index (χ2v) is 12.5. The molecule has 15 heavy (non-hydrogen) atoms. The van der Waals surface area contributed by atoms with Crippen LogP contribution in [-0.2, 0) is 0 Å². The first-order valence-corrected chi connectivity index (χ1v) is 9.56. The van der Waals surface area contributed by atoms with Gasteiger partial charge in [-0.1, -0.05) is 31.8 Å². The second-order valence-electron chi connectivity index (χ2n) is 6.18. The SMILES string of the molecule is C=C1CC(C)(O)CCCC1(Cl)[Si](C)(C)C. The minimum atomic E-state index is -1.48. The summed E-state index contributed by atoms with van der Waals surface area (Å²) in [4.78, 5) is 0. The summed E-state index contributed by atoms with van der Waals surface area (Å²) in [5.74, 6) is 0. The van der Waals surface area contributed by atoms with Gasteiger partial charge in [0.05, 0.1) is 18.2 Å². The molecular weight excluding hydrogens is 224 g/mol. The Balaban J connectivity index is 2.98. The molecule has 0 spiro atoms. The average molecular weight is 247 g/mol. The van der Waals surface area contributed by atoms with Crippen LogP contribution in [0.5, 0.6) is 0 Å². The van der Waals surface area contributed by atoms with Crippen LogP contribution in [0.15, 0.2) is 12.2 Å². The summed E-state index contributed by atoms with van der Waals surface area (Å²) in [5.41, 5.74) is 0.443. The van der Waals surface area contributed by atoms with Crippen LogP contribution in [0.3, 0.4) is 0 Å². The van der Waals surface area contributed by atoms with Crippen LogP contribution < -0.4 is 0 Å². The summed E-state index contributed by atoms with van der Waals surface area (Å²) in [6.45, 7) is 12.9. The Morgan fingerprint density at radius 2 is 1.87 bits per heavy atom. The monoisotopic (exact) mass is 246 g/mol. The molecule has 1 nitrogen and oxygen atoms in total. The lowest BCUT2D eigenvalue weighted by Crippen LogP contribution is -2.48. The van der Waals surface area contributed by atoms with E-state index in [0.29, 0.717) is 6.42 Å². The molecule has 88 valence electrons. The minimum Gasteiger partial charge on any atom is -0.390 e. The van der Waals surface area contributed by atoms with Crippen molar-refractivity contribution < 1.29 is 5.11 Å². The largest absolute Gasteiger partial charge is 0.390 e. The third kappa shape index (κ3) is 2.66. The van der Waals surface area contributed by atoms with Gasteiger partial charge in [0.15, 0.2) is 0 Å². The zero-order valence-electron chi connectivity index (χ0n) is 10.4. The van der Waals surface area contributed by atoms with E-state index in [0.717, 1.165) is 24.8 Å². The zero-order valence-corrected chi connectivity index (χ0v) is 12.1. The van der Waals surface area contributed by atoms with Crippen molar-refractivity contribution in [1.82, 2.24) is 0 Å². The first-order chi connectivity index (χ1) is 6.58. The van der Waals surface area contributed by atoms with Gasteiger partial charge < -0.3 is 5.11 Å². The Hall–Kier alpha value is 0.207. The molecule has 1 rings (SSSR count). The van der Waals surface area contributed by atoms with E-state index in [4.69, 9.17) is 11.6 Å². The van der Waals surface area contributed by atoms with Crippen LogP contribution in [-0.4, -0.2) is 23.3 Å². The molecule has 1 fully saturated rings. The highest BCUT2D eigenvalue weighted by molar-refractivity contribution is 6.87. The molecule has 0 aromatic carbocycles. The standard InChI is InChI=1S/C12H23ClOSi/c1-10-9-11(2,14)7-6-8-12(10,13)15(3,4)5/h14H,1,6-9H2,2-5H3. The van der Waals surface area contributed by atoms with Crippen LogP contribution in [0, 0.1) is 0 Å². The molecule has 0 aliphatic heterocycles. The van der Waals surface area contributed by atoms with Gasteiger partial charge in [-0.15, -0.1) is 11.6 Å². The summed E-state index contributed by atoms with van der Waals surface area (Å²) in [7, 11) is -1.48. The van der Waals surface area contributed by atoms with Crippen LogP contribution >= 0.6 is 11.6 Å². The van der Waals surface area contributed by atoms with Crippen molar-refractivity contribution in [3.05, 3.63) is 12.2 Å². The van der Waals surface area contributed by atoms with Crippen molar-refractivity contribution in [1.29, 1.82) is 0 Å². The topological polar surface area (TPSA) is 20.2 Å². The molecule has 0 aromatic heterocycles. The Kier molecular flexibility index (Phi) is 3.45. The van der Waals surface area contributed by atoms with Crippen molar-refractivity contribution in [2.75, 3.05) is 0 Å². The van der Waals surface area contributed by atoms with Gasteiger partial charge in [-0.3, -0.25) is 0 Å². The Bertz CT molecular complexity index is 267. The van der Waals surface area contributed by atoms with Crippen LogP contribution in [0.25, 0.3) is 0 Å². The highest BCUT2D eigenvalue weighted by atomic mass is 35.5. The van der Waals surface area contributed by atoms with Gasteiger partial charge in [-0.25, -0.2) is 0 Å². The first-order valence-electron chi connectivity index (χ1n) is 5.68. The first kappa shape index (κ1) is 13.3. The summed E-state index contributed by atoms with van der Waals surface area (Å²) >= 11 is 6.78. The maximum atomic E-state index is 10.1. The van der Waals surface area contributed by atoms with Gasteiger partial charge in [0.2, 0.25) is 0 Å². The molecule has 1 saturated carbocycles. The molecule has 0 saturated heterocycles. The van der Waals surface area contributed by atoms with Crippen molar-refractivity contribution in [2.45, 2.75) is 62.3 Å². The summed E-state index contributed by atoms with van der Waals surface area (Å²) in [5, 5.41) is 10.1. The Morgan fingerprint density at radius 3 is 2.33 bits per heavy atom. The Labute approximate surface area is 99.5 Å². The van der Waals surface area contributed by atoms with E-state index in [9.17, 15) is 5.11 Å². The number of aliphatic hydroxyl groups is 1. The number of hydrogen-bond acceptors (Lipinski definition) is 1. The summed E-state index contributed by atoms with van der Waals surface area (Å²) < 4.78 is -0.229. The van der Waals surface area contributed by atoms with Crippen LogP contribution in [0.4, 0.5) is 0 Å². The summed E-state index contributed by atoms with van der Waals surface area (Å²) in [6.07, 6.45) is 3.46. The smallest absolute Gasteiger partial charge is 0.0739 e. The van der Waals surface area contributed by atoms with Gasteiger partial charge in [0, 0.05) is 0 Å². The van der Waals surface area contributed by atoms with E-state index in [1.165, 1.54) is 0 Å². The van der Waals surface area contributed by atoms with Crippen molar-refractivity contribution in [3.8, 4) is 0 Å². The molecule has 2 unspecified atom stereocenters. The molecule has 0 radical (unpaired) electrons. The van der Waals surface area contributed by atoms with Crippen LogP contribution in [0.1, 0.15) is 32.6 Å². The normalized spacial score (nSPS) is 38.9. The predicted octanol–water partition coefficient (Wildman–Crippen LogP) is 3.72. The van der Waals surface area contributed by atoms with Crippen molar-refractivity contribution >= 4 is 19.7 Å². The fourth-order valence-electron chi connectivity index (χ4n) is 2.48. The van der Waals surface area contributed by atoms with Crippen molar-refractivity contribution in [2.24, 2.45) is 0 Å². The lowest BCUT2D eigenvalue weighted by atomic mass is 9.95. The van der Waals surface area contributed by atoms with Crippen LogP contribution in [0.2, 0.25) is 19.6 Å². The number of halogens is 1. The van der Waals surface area contributed by atoms with E-state index in [-0.39, 0.29) is 4.50 Å². The third-order valence-corrected chi connectivity index (χ3v) is 8.72. The van der Waals surface area contributed by atoms with E-state index < -0.39 is 13.7 Å². The molecule has 0 heterocycles. The van der Waals surface area contributed by atoms with E-state index in [1.807, 2.05) is 6.92 Å². The average Bonchev–Trinajstić information content (AvgIpc) is 2.08. The van der Waals surface area contributed by atoms with E-state index in [1.54, 1.807) is 0 Å². The zero-order chi connectivity index (χ0) is 11.9. The number of alkyl halides is 1. The van der Waals surface area contributed by atoms with Crippen molar-refractivity contribution in [3.63, 3.8) is 0 Å². The van der Waals surface area contributed by atoms with Gasteiger partial charge in [0.25, 0.3) is 0 Å². The molecule has 0 aromatic rings. The van der Waals surface area contributed by atoms with Gasteiger partial charge >= 0.3 is 0 Å². The van der Waals surface area contributed by atoms with Gasteiger partial charge in [-0.05, 0) is 32.6 Å². The van der Waals surface area contributed by atoms with E-state index in [2.05, 4.69) is 26.2 Å². The summed E-state index contributed by atoms with van der Waals surface area (Å²) in [6, 6.07) is 0. The quantitative estimate of drug-likeness (QED) is 0.324. The lowest BCUT2D eigenvalue weighted by Gasteiger charge is -2.39. The number of rotatable bonds is 1. The Morgan fingerprint density at radius 1 is 1.33 bits per heavy atom. The highest BCUT2D eigenvalue weighted by Gasteiger charge is 2.46. The highest BCUT2D eigenvalue weighted by Crippen LogP contribution is 2.45. The molecule has 2 atom stereocenters. The lowest BCUT2D eigenvalue weighted by molar-refractivity contribution is 0.0531. The fraction of sp³-hybridized carbons (Fsp3) is 0.833. The number of hydrogen-bond donors (Lipinski definition) is 1. The van der Waals surface area contributed by atoms with Gasteiger partial charge in [-0.2, -0.15) is 0 Å². The van der Waals surface area contributed by atoms with Gasteiger partial charge in [0.1, 0.15) is 0 Å². The van der Waals surface area contributed by atoms with E-state index >= 15 is 0 Å². The molecule has 3 heteroatoms. The minimum absolute atomic E-state index is 0.229. The molecular formula is C12H23ClOSi. The second kappa shape index (κ2) is 3.90. The maximum absolute atomic E-state index is 10.1. The fourth-order valence-corrected chi connectivity index (χ4v) is 4.76. The molecule has 1 aliphatic carbocycles. The molecule has 0 bridgehead atoms. The molecule has 1 N–H and O–H groups in total. The molecule has 1 aliphatic rings. The third-order valence-electron chi connectivity index (χ3n) is 3.58. The maximum Gasteiger partial charge on any atom is 0.0739 e.